The number of carbonyl (C=O) groups is 1. The summed E-state index contributed by atoms with van der Waals surface area (Å²) in [7, 11) is 1.63. The van der Waals surface area contributed by atoms with Crippen LogP contribution in [0.1, 0.15) is 18.4 Å². The number of pyridine rings is 1. The fourth-order valence-corrected chi connectivity index (χ4v) is 3.30. The van der Waals surface area contributed by atoms with Crippen LogP contribution >= 0.6 is 11.6 Å². The summed E-state index contributed by atoms with van der Waals surface area (Å²) in [6.07, 6.45) is 3.90. The van der Waals surface area contributed by atoms with Crippen LogP contribution in [0.2, 0.25) is 5.15 Å². The highest BCUT2D eigenvalue weighted by Crippen LogP contribution is 2.21. The normalized spacial score (nSPS) is 15.0. The molecule has 1 fully saturated rings. The van der Waals surface area contributed by atoms with Crippen LogP contribution in [0.3, 0.4) is 0 Å². The van der Waals surface area contributed by atoms with Gasteiger partial charge in [0.15, 0.2) is 0 Å². The summed E-state index contributed by atoms with van der Waals surface area (Å²) < 4.78 is 5.33. The van der Waals surface area contributed by atoms with Gasteiger partial charge in [-0.2, -0.15) is 0 Å². The number of hydrogen-bond donors (Lipinski definition) is 1. The van der Waals surface area contributed by atoms with Gasteiger partial charge in [-0.3, -0.25) is 4.79 Å². The molecule has 0 spiro atoms. The Morgan fingerprint density at radius 1 is 1.32 bits per heavy atom. The average Bonchev–Trinajstić information content (AvgIpc) is 2.63. The van der Waals surface area contributed by atoms with Crippen molar-refractivity contribution in [2.75, 3.05) is 25.5 Å². The van der Waals surface area contributed by atoms with Crippen molar-refractivity contribution < 1.29 is 9.53 Å². The van der Waals surface area contributed by atoms with E-state index in [0.717, 1.165) is 42.9 Å². The maximum Gasteiger partial charge on any atom is 0.227 e. The van der Waals surface area contributed by atoms with Crippen LogP contribution < -0.4 is 10.1 Å². The lowest BCUT2D eigenvalue weighted by molar-refractivity contribution is -0.131. The number of likely N-dealkylation sites (tertiary alicyclic amines) is 1. The Kier molecular flexibility index (Phi) is 5.76. The molecule has 1 aliphatic rings. The van der Waals surface area contributed by atoms with Crippen molar-refractivity contribution in [1.82, 2.24) is 9.88 Å². The predicted molar refractivity (Wildman–Crippen MR) is 99.2 cm³/mol. The predicted octanol–water partition coefficient (Wildman–Crippen LogP) is 3.39. The van der Waals surface area contributed by atoms with Crippen LogP contribution in [-0.4, -0.2) is 42.0 Å². The summed E-state index contributed by atoms with van der Waals surface area (Å²) in [6.45, 7) is 1.51. The second kappa shape index (κ2) is 8.21. The lowest BCUT2D eigenvalue weighted by Gasteiger charge is -2.33. The first-order valence-corrected chi connectivity index (χ1v) is 8.81. The number of piperidine rings is 1. The molecule has 5 nitrogen and oxygen atoms in total. The van der Waals surface area contributed by atoms with Gasteiger partial charge in [-0.25, -0.2) is 4.98 Å². The van der Waals surface area contributed by atoms with Gasteiger partial charge in [-0.15, -0.1) is 0 Å². The number of anilines is 1. The summed E-state index contributed by atoms with van der Waals surface area (Å²) in [6, 6.07) is 11.7. The molecule has 25 heavy (non-hydrogen) atoms. The number of amides is 1. The molecule has 1 aromatic carbocycles. The maximum absolute atomic E-state index is 12.6. The maximum atomic E-state index is 12.6. The molecule has 0 bridgehead atoms. The molecule has 0 saturated carbocycles. The van der Waals surface area contributed by atoms with E-state index >= 15 is 0 Å². The van der Waals surface area contributed by atoms with Crippen molar-refractivity contribution in [2.45, 2.75) is 25.3 Å². The zero-order valence-corrected chi connectivity index (χ0v) is 15.0. The number of para-hydroxylation sites is 1. The van der Waals surface area contributed by atoms with E-state index in [1.807, 2.05) is 41.3 Å². The lowest BCUT2D eigenvalue weighted by Crippen LogP contribution is -2.43. The number of benzene rings is 1. The zero-order chi connectivity index (χ0) is 17.6. The van der Waals surface area contributed by atoms with E-state index in [9.17, 15) is 4.79 Å². The van der Waals surface area contributed by atoms with Crippen LogP contribution in [0.25, 0.3) is 0 Å². The Labute approximate surface area is 153 Å². The third kappa shape index (κ3) is 4.63. The van der Waals surface area contributed by atoms with Crippen LogP contribution in [0, 0.1) is 0 Å². The third-order valence-electron chi connectivity index (χ3n) is 4.48. The number of nitrogens with one attached hydrogen (secondary N) is 1. The second-order valence-electron chi connectivity index (χ2n) is 6.16. The first-order valence-electron chi connectivity index (χ1n) is 8.43. The van der Waals surface area contributed by atoms with Gasteiger partial charge in [0, 0.05) is 36.6 Å². The lowest BCUT2D eigenvalue weighted by atomic mass is 10.0. The first kappa shape index (κ1) is 17.5. The summed E-state index contributed by atoms with van der Waals surface area (Å²) in [4.78, 5) is 18.5. The summed E-state index contributed by atoms with van der Waals surface area (Å²) in [5, 5.41) is 3.95. The second-order valence-corrected chi connectivity index (χ2v) is 6.54. The first-order chi connectivity index (χ1) is 12.2. The number of nitrogens with zero attached hydrogens (tertiary/aromatic N) is 2. The molecule has 0 unspecified atom stereocenters. The zero-order valence-electron chi connectivity index (χ0n) is 14.2. The number of halogens is 1. The van der Waals surface area contributed by atoms with Crippen LogP contribution in [0.4, 0.5) is 5.69 Å². The highest BCUT2D eigenvalue weighted by Gasteiger charge is 2.23. The van der Waals surface area contributed by atoms with Gasteiger partial charge in [-0.05, 0) is 31.0 Å². The van der Waals surface area contributed by atoms with Gasteiger partial charge < -0.3 is 15.0 Å². The van der Waals surface area contributed by atoms with Crippen molar-refractivity contribution in [3.05, 3.63) is 53.3 Å². The monoisotopic (exact) mass is 359 g/mol. The molecular formula is C19H22ClN3O2. The van der Waals surface area contributed by atoms with Crippen LogP contribution in [0.5, 0.6) is 5.75 Å². The smallest absolute Gasteiger partial charge is 0.227 e. The van der Waals surface area contributed by atoms with Crippen molar-refractivity contribution in [1.29, 1.82) is 0 Å². The fraction of sp³-hybridized carbons (Fsp3) is 0.368. The largest absolute Gasteiger partial charge is 0.496 e. The van der Waals surface area contributed by atoms with E-state index in [1.54, 1.807) is 13.3 Å². The van der Waals surface area contributed by atoms with Gasteiger partial charge in [-0.1, -0.05) is 29.8 Å². The molecule has 1 saturated heterocycles. The molecule has 6 heteroatoms. The van der Waals surface area contributed by atoms with E-state index in [-0.39, 0.29) is 5.91 Å². The minimum Gasteiger partial charge on any atom is -0.496 e. The summed E-state index contributed by atoms with van der Waals surface area (Å²) >= 11 is 5.91. The molecule has 3 rings (SSSR count). The van der Waals surface area contributed by atoms with Crippen LogP contribution in [0.15, 0.2) is 42.6 Å². The van der Waals surface area contributed by atoms with E-state index in [0.29, 0.717) is 17.6 Å². The van der Waals surface area contributed by atoms with E-state index in [4.69, 9.17) is 16.3 Å². The van der Waals surface area contributed by atoms with E-state index in [2.05, 4.69) is 10.3 Å². The number of rotatable bonds is 5. The van der Waals surface area contributed by atoms with Crippen molar-refractivity contribution in [3.8, 4) is 5.75 Å². The SMILES string of the molecule is COc1ccccc1CC(=O)N1CCC(Nc2ccnc(Cl)c2)CC1. The third-order valence-corrected chi connectivity index (χ3v) is 4.69. The highest BCUT2D eigenvalue weighted by atomic mass is 35.5. The molecule has 0 aliphatic carbocycles. The highest BCUT2D eigenvalue weighted by molar-refractivity contribution is 6.29. The van der Waals surface area contributed by atoms with E-state index in [1.165, 1.54) is 0 Å². The molecule has 2 aromatic rings. The molecule has 1 N–H and O–H groups in total. The number of hydrogen-bond acceptors (Lipinski definition) is 4. The number of aromatic nitrogens is 1. The van der Waals surface area contributed by atoms with Crippen molar-refractivity contribution in [3.63, 3.8) is 0 Å². The minimum atomic E-state index is 0.148. The molecule has 2 heterocycles. The number of carbonyl (C=O) groups excluding carboxylic acids is 1. The minimum absolute atomic E-state index is 0.148. The molecule has 1 aliphatic heterocycles. The van der Waals surface area contributed by atoms with Gasteiger partial charge in [0.05, 0.1) is 13.5 Å². The van der Waals surface area contributed by atoms with Crippen LogP contribution in [-0.2, 0) is 11.2 Å². The molecule has 0 atom stereocenters. The molecule has 1 aromatic heterocycles. The van der Waals surface area contributed by atoms with Gasteiger partial charge in [0.1, 0.15) is 10.9 Å². The molecule has 0 radical (unpaired) electrons. The fourth-order valence-electron chi connectivity index (χ4n) is 3.12. The van der Waals surface area contributed by atoms with Crippen molar-refractivity contribution in [2.24, 2.45) is 0 Å². The Bertz CT molecular complexity index is 730. The topological polar surface area (TPSA) is 54.5 Å². The molecule has 132 valence electrons. The van der Waals surface area contributed by atoms with Gasteiger partial charge >= 0.3 is 0 Å². The van der Waals surface area contributed by atoms with E-state index < -0.39 is 0 Å². The van der Waals surface area contributed by atoms with Crippen molar-refractivity contribution >= 4 is 23.2 Å². The Hall–Kier alpha value is -2.27. The van der Waals surface area contributed by atoms with Gasteiger partial charge in [0.2, 0.25) is 5.91 Å². The Morgan fingerprint density at radius 2 is 2.08 bits per heavy atom. The van der Waals surface area contributed by atoms with Gasteiger partial charge in [0.25, 0.3) is 0 Å². The Morgan fingerprint density at radius 3 is 2.80 bits per heavy atom. The standard InChI is InChI=1S/C19H22ClN3O2/c1-25-17-5-3-2-4-14(17)12-19(24)23-10-7-15(8-11-23)22-16-6-9-21-18(20)13-16/h2-6,9,13,15H,7-8,10-12H2,1H3,(H,21,22). The Balaban J connectivity index is 1.52. The molecular weight excluding hydrogens is 338 g/mol. The summed E-state index contributed by atoms with van der Waals surface area (Å²) in [5.41, 5.74) is 1.90. The number of ether oxygens (including phenoxy) is 1. The molecule has 1 amide bonds. The summed E-state index contributed by atoms with van der Waals surface area (Å²) in [5.74, 6) is 0.914. The average molecular weight is 360 g/mol. The quantitative estimate of drug-likeness (QED) is 0.831. The number of methoxy groups -OCH3 is 1.